The van der Waals surface area contributed by atoms with Crippen LogP contribution in [0, 0.1) is 6.92 Å². The fourth-order valence-corrected chi connectivity index (χ4v) is 6.50. The zero-order chi connectivity index (χ0) is 31.2. The summed E-state index contributed by atoms with van der Waals surface area (Å²) in [6, 6.07) is 23.2. The Balaban J connectivity index is 1.51. The molecule has 3 aromatic carbocycles. The highest BCUT2D eigenvalue weighted by atomic mass is 35.5. The van der Waals surface area contributed by atoms with E-state index in [1.165, 1.54) is 11.3 Å². The summed E-state index contributed by atoms with van der Waals surface area (Å²) in [5, 5.41) is 12.7. The van der Waals surface area contributed by atoms with Crippen LogP contribution < -0.4 is 4.74 Å². The third-order valence-electron chi connectivity index (χ3n) is 7.20. The average molecular weight is 624 g/mol. The predicted molar refractivity (Wildman–Crippen MR) is 177 cm³/mol. The molecule has 0 radical (unpaired) electrons. The van der Waals surface area contributed by atoms with Gasteiger partial charge in [0.1, 0.15) is 5.01 Å². The maximum atomic E-state index is 12.6. The largest absolute Gasteiger partial charge is 0.481 e. The van der Waals surface area contributed by atoms with Crippen molar-refractivity contribution < 1.29 is 19.4 Å². The van der Waals surface area contributed by atoms with E-state index in [2.05, 4.69) is 9.97 Å². The molecule has 1 atom stereocenters. The number of ether oxygens (including phenoxy) is 2. The van der Waals surface area contributed by atoms with Gasteiger partial charge in [0, 0.05) is 44.9 Å². The monoisotopic (exact) mass is 623 g/mol. The number of fused-ring (bicyclic) bond motifs is 2. The van der Waals surface area contributed by atoms with Gasteiger partial charge in [0.2, 0.25) is 5.88 Å². The highest BCUT2D eigenvalue weighted by molar-refractivity contribution is 7.22. The van der Waals surface area contributed by atoms with Crippen molar-refractivity contribution in [1.29, 1.82) is 0 Å². The Morgan fingerprint density at radius 2 is 1.64 bits per heavy atom. The first-order valence-corrected chi connectivity index (χ1v) is 15.2. The highest BCUT2D eigenvalue weighted by Gasteiger charge is 2.32. The van der Waals surface area contributed by atoms with Gasteiger partial charge < -0.3 is 14.6 Å². The van der Waals surface area contributed by atoms with Crippen LogP contribution in [0.2, 0.25) is 5.02 Å². The molecule has 44 heavy (non-hydrogen) atoms. The number of halogens is 1. The Labute approximate surface area is 264 Å². The number of aryl methyl sites for hydroxylation is 1. The number of hydrogen-bond acceptors (Lipinski definition) is 7. The van der Waals surface area contributed by atoms with E-state index < -0.39 is 17.7 Å². The molecular weight excluding hydrogens is 594 g/mol. The highest BCUT2D eigenvalue weighted by Crippen LogP contribution is 2.44. The van der Waals surface area contributed by atoms with Crippen LogP contribution in [0.4, 0.5) is 0 Å². The van der Waals surface area contributed by atoms with Gasteiger partial charge in [0.15, 0.2) is 6.10 Å². The van der Waals surface area contributed by atoms with Crippen LogP contribution in [0.25, 0.3) is 54.1 Å². The average Bonchev–Trinajstić information content (AvgIpc) is 3.42. The Morgan fingerprint density at radius 3 is 2.34 bits per heavy atom. The zero-order valence-corrected chi connectivity index (χ0v) is 26.5. The van der Waals surface area contributed by atoms with E-state index in [4.69, 9.17) is 26.1 Å². The molecule has 6 aromatic rings. The smallest absolute Gasteiger partial charge is 0.337 e. The van der Waals surface area contributed by atoms with Crippen LogP contribution in [0.5, 0.6) is 5.88 Å². The molecule has 0 saturated carbocycles. The molecule has 0 bridgehead atoms. The topological polar surface area (TPSA) is 94.4 Å². The SMILES string of the molecule is COc1ccc2ccc(-c3cc(-c4nc5cc(C)c(C(OC(C)(C)C)C(=O)O)c(-c6ccc(Cl)cc6)c5s4)ccn3)cc2n1. The van der Waals surface area contributed by atoms with Crippen molar-refractivity contribution in [3.63, 3.8) is 0 Å². The van der Waals surface area contributed by atoms with Crippen LogP contribution in [0.3, 0.4) is 0 Å². The van der Waals surface area contributed by atoms with Crippen LogP contribution in [-0.2, 0) is 9.53 Å². The Hall–Kier alpha value is -4.37. The van der Waals surface area contributed by atoms with Crippen molar-refractivity contribution in [3.05, 3.63) is 95.1 Å². The van der Waals surface area contributed by atoms with E-state index in [1.54, 1.807) is 25.4 Å². The molecule has 1 unspecified atom stereocenters. The van der Waals surface area contributed by atoms with Crippen molar-refractivity contribution in [1.82, 2.24) is 15.0 Å². The minimum Gasteiger partial charge on any atom is -0.481 e. The lowest BCUT2D eigenvalue weighted by molar-refractivity contribution is -0.160. The Kier molecular flexibility index (Phi) is 7.84. The molecule has 9 heteroatoms. The standard InChI is InChI=1S/C35H30ClN3O4S/c1-19-16-27-32(30(21-8-11-24(36)12-9-21)29(19)31(34(40)41)43-35(2,3)4)44-33(39-27)23-14-15-37-25(18-23)22-7-6-20-10-13-28(42-5)38-26(20)17-22/h6-18,31H,1-5H3,(H,40,41). The van der Waals surface area contributed by atoms with Gasteiger partial charge in [-0.1, -0.05) is 35.9 Å². The van der Waals surface area contributed by atoms with E-state index in [9.17, 15) is 9.90 Å². The molecule has 0 amide bonds. The first-order valence-electron chi connectivity index (χ1n) is 14.0. The van der Waals surface area contributed by atoms with Gasteiger partial charge >= 0.3 is 5.97 Å². The summed E-state index contributed by atoms with van der Waals surface area (Å²) in [6.45, 7) is 7.47. The van der Waals surface area contributed by atoms with Crippen molar-refractivity contribution in [3.8, 4) is 38.8 Å². The molecule has 7 nitrogen and oxygen atoms in total. The van der Waals surface area contributed by atoms with Crippen LogP contribution in [0.15, 0.2) is 79.0 Å². The second kappa shape index (κ2) is 11.6. The lowest BCUT2D eigenvalue weighted by Crippen LogP contribution is -2.28. The molecule has 0 aliphatic heterocycles. The predicted octanol–water partition coefficient (Wildman–Crippen LogP) is 9.15. The molecule has 6 rings (SSSR count). The number of nitrogens with zero attached hydrogens (tertiary/aromatic N) is 3. The first kappa shape index (κ1) is 29.7. The summed E-state index contributed by atoms with van der Waals surface area (Å²) < 4.78 is 12.3. The van der Waals surface area contributed by atoms with Crippen molar-refractivity contribution in [2.45, 2.75) is 39.4 Å². The number of methoxy groups -OCH3 is 1. The zero-order valence-electron chi connectivity index (χ0n) is 24.9. The minimum absolute atomic E-state index is 0.551. The van der Waals surface area contributed by atoms with Gasteiger partial charge in [-0.2, -0.15) is 0 Å². The van der Waals surface area contributed by atoms with Gasteiger partial charge in [-0.3, -0.25) is 4.98 Å². The molecule has 0 spiro atoms. The number of aliphatic carboxylic acids is 1. The number of aromatic nitrogens is 3. The number of thiazole rings is 1. The summed E-state index contributed by atoms with van der Waals surface area (Å²) in [5.41, 5.74) is 6.52. The van der Waals surface area contributed by atoms with Gasteiger partial charge in [-0.05, 0) is 81.3 Å². The van der Waals surface area contributed by atoms with E-state index >= 15 is 0 Å². The fraction of sp³-hybridized carbons (Fsp3) is 0.200. The lowest BCUT2D eigenvalue weighted by Gasteiger charge is -2.28. The summed E-state index contributed by atoms with van der Waals surface area (Å²) in [4.78, 5) is 26.9. The normalized spacial score (nSPS) is 12.5. The molecule has 222 valence electrons. The van der Waals surface area contributed by atoms with Crippen molar-refractivity contribution in [2.24, 2.45) is 0 Å². The quantitative estimate of drug-likeness (QED) is 0.189. The number of rotatable bonds is 7. The summed E-state index contributed by atoms with van der Waals surface area (Å²) in [7, 11) is 1.60. The molecule has 0 fully saturated rings. The van der Waals surface area contributed by atoms with E-state index in [0.29, 0.717) is 16.5 Å². The van der Waals surface area contributed by atoms with Crippen LogP contribution >= 0.6 is 22.9 Å². The molecule has 0 aliphatic carbocycles. The molecular formula is C35H30ClN3O4S. The van der Waals surface area contributed by atoms with Crippen molar-refractivity contribution >= 4 is 50.0 Å². The molecule has 3 heterocycles. The number of carboxylic acid groups (broad SMARTS) is 1. The van der Waals surface area contributed by atoms with Gasteiger partial charge in [0.05, 0.1) is 34.1 Å². The Bertz CT molecular complexity index is 2030. The third kappa shape index (κ3) is 5.88. The number of hydrogen-bond donors (Lipinski definition) is 1. The number of carbonyl (C=O) groups is 1. The number of pyridine rings is 2. The first-order chi connectivity index (χ1) is 21.0. The van der Waals surface area contributed by atoms with Gasteiger partial charge in [-0.25, -0.2) is 14.8 Å². The van der Waals surface area contributed by atoms with E-state index in [0.717, 1.165) is 59.6 Å². The van der Waals surface area contributed by atoms with Gasteiger partial charge in [0.25, 0.3) is 0 Å². The summed E-state index contributed by atoms with van der Waals surface area (Å²) in [6.07, 6.45) is 0.595. The fourth-order valence-electron chi connectivity index (χ4n) is 5.25. The number of benzene rings is 3. The van der Waals surface area contributed by atoms with Crippen molar-refractivity contribution in [2.75, 3.05) is 7.11 Å². The molecule has 1 N–H and O–H groups in total. The summed E-state index contributed by atoms with van der Waals surface area (Å²) in [5.74, 6) is -0.501. The number of carboxylic acids is 1. The van der Waals surface area contributed by atoms with Gasteiger partial charge in [-0.15, -0.1) is 11.3 Å². The third-order valence-corrected chi connectivity index (χ3v) is 8.59. The lowest BCUT2D eigenvalue weighted by atomic mass is 9.91. The second-order valence-corrected chi connectivity index (χ2v) is 12.9. The Morgan fingerprint density at radius 1 is 0.909 bits per heavy atom. The second-order valence-electron chi connectivity index (χ2n) is 11.5. The summed E-state index contributed by atoms with van der Waals surface area (Å²) >= 11 is 7.75. The van der Waals surface area contributed by atoms with E-state index in [-0.39, 0.29) is 0 Å². The maximum Gasteiger partial charge on any atom is 0.337 e. The van der Waals surface area contributed by atoms with Crippen LogP contribution in [-0.4, -0.2) is 38.7 Å². The minimum atomic E-state index is -1.18. The maximum absolute atomic E-state index is 12.6. The molecule has 0 saturated heterocycles. The van der Waals surface area contributed by atoms with E-state index in [1.807, 2.05) is 88.4 Å². The van der Waals surface area contributed by atoms with Crippen LogP contribution in [0.1, 0.15) is 38.0 Å². The molecule has 0 aliphatic rings. The molecule has 3 aromatic heterocycles.